The van der Waals surface area contributed by atoms with Gasteiger partial charge in [0, 0.05) is 18.8 Å². The minimum atomic E-state index is 0.812. The predicted octanol–water partition coefficient (Wildman–Crippen LogP) is 1.10. The van der Waals surface area contributed by atoms with Crippen molar-refractivity contribution in [3.05, 3.63) is 30.9 Å². The Morgan fingerprint density at radius 1 is 1.31 bits per heavy atom. The van der Waals surface area contributed by atoms with Crippen LogP contribution in [0.5, 0.6) is 0 Å². The van der Waals surface area contributed by atoms with Crippen molar-refractivity contribution in [1.82, 2.24) is 4.98 Å². The molecule has 0 amide bonds. The Kier molecular flexibility index (Phi) is 2.45. The molecule has 0 aliphatic carbocycles. The summed E-state index contributed by atoms with van der Waals surface area (Å²) >= 11 is 0. The van der Waals surface area contributed by atoms with Gasteiger partial charge in [-0.05, 0) is 19.1 Å². The highest BCUT2D eigenvalue weighted by Gasteiger charge is 2.10. The van der Waals surface area contributed by atoms with E-state index >= 15 is 0 Å². The van der Waals surface area contributed by atoms with Crippen LogP contribution in [0.3, 0.4) is 0 Å². The van der Waals surface area contributed by atoms with Gasteiger partial charge in [0.05, 0.1) is 25.1 Å². The molecule has 0 N–H and O–H groups in total. The van der Waals surface area contributed by atoms with Crippen LogP contribution >= 0.6 is 0 Å². The minimum absolute atomic E-state index is 0.812. The number of hydrogen-bond donors (Lipinski definition) is 0. The molecule has 0 aromatic carbocycles. The fourth-order valence-corrected chi connectivity index (χ4v) is 1.43. The first-order valence-corrected chi connectivity index (χ1v) is 4.47. The standard InChI is InChI=1S/C10H13N2O/c1-9-2-3-10(8-11-9)12-4-6-13-7-5-12/h2-3,8H,1,4-7H2. The molecule has 2 heterocycles. The van der Waals surface area contributed by atoms with Crippen molar-refractivity contribution >= 4 is 5.69 Å². The van der Waals surface area contributed by atoms with Gasteiger partial charge in [-0.2, -0.15) is 0 Å². The third-order valence-electron chi connectivity index (χ3n) is 2.19. The molecule has 0 saturated carbocycles. The third kappa shape index (κ3) is 1.98. The van der Waals surface area contributed by atoms with E-state index < -0.39 is 0 Å². The lowest BCUT2D eigenvalue weighted by molar-refractivity contribution is 0.122. The maximum absolute atomic E-state index is 5.27. The maximum atomic E-state index is 5.27. The van der Waals surface area contributed by atoms with E-state index in [1.165, 1.54) is 0 Å². The zero-order chi connectivity index (χ0) is 9.10. The first kappa shape index (κ1) is 8.51. The normalized spacial score (nSPS) is 17.5. The number of aromatic nitrogens is 1. The Labute approximate surface area is 78.3 Å². The van der Waals surface area contributed by atoms with E-state index in [0.29, 0.717) is 0 Å². The van der Waals surface area contributed by atoms with Crippen molar-refractivity contribution in [3.63, 3.8) is 0 Å². The molecule has 0 unspecified atom stereocenters. The maximum Gasteiger partial charge on any atom is 0.0642 e. The molecule has 1 radical (unpaired) electrons. The second kappa shape index (κ2) is 3.75. The SMILES string of the molecule is [CH2]c1ccc(N2CCOCC2)cn1. The Balaban J connectivity index is 2.10. The topological polar surface area (TPSA) is 25.4 Å². The molecule has 1 aromatic rings. The summed E-state index contributed by atoms with van der Waals surface area (Å²) in [7, 11) is 0. The molecule has 0 bridgehead atoms. The Morgan fingerprint density at radius 2 is 2.08 bits per heavy atom. The van der Waals surface area contributed by atoms with E-state index in [0.717, 1.165) is 37.7 Å². The van der Waals surface area contributed by atoms with Crippen molar-refractivity contribution in [3.8, 4) is 0 Å². The third-order valence-corrected chi connectivity index (χ3v) is 2.19. The van der Waals surface area contributed by atoms with Crippen LogP contribution in [-0.2, 0) is 4.74 Å². The molecular weight excluding hydrogens is 164 g/mol. The van der Waals surface area contributed by atoms with E-state index in [2.05, 4.69) is 22.9 Å². The molecule has 0 atom stereocenters. The van der Waals surface area contributed by atoms with Crippen molar-refractivity contribution < 1.29 is 4.74 Å². The summed E-state index contributed by atoms with van der Waals surface area (Å²) in [6.07, 6.45) is 1.87. The van der Waals surface area contributed by atoms with Gasteiger partial charge in [0.2, 0.25) is 0 Å². The van der Waals surface area contributed by atoms with Crippen LogP contribution in [0.1, 0.15) is 5.69 Å². The average molecular weight is 177 g/mol. The van der Waals surface area contributed by atoms with Gasteiger partial charge in [-0.15, -0.1) is 0 Å². The molecular formula is C10H13N2O. The van der Waals surface area contributed by atoms with Gasteiger partial charge in [0.25, 0.3) is 0 Å². The number of morpholine rings is 1. The molecule has 3 nitrogen and oxygen atoms in total. The molecule has 13 heavy (non-hydrogen) atoms. The van der Waals surface area contributed by atoms with Crippen LogP contribution in [0.4, 0.5) is 5.69 Å². The average Bonchev–Trinajstić information content (AvgIpc) is 2.20. The Hall–Kier alpha value is -1.09. The summed E-state index contributed by atoms with van der Waals surface area (Å²) < 4.78 is 5.27. The molecule has 1 saturated heterocycles. The van der Waals surface area contributed by atoms with E-state index in [9.17, 15) is 0 Å². The van der Waals surface area contributed by atoms with E-state index in [1.54, 1.807) is 0 Å². The number of anilines is 1. The second-order valence-corrected chi connectivity index (χ2v) is 3.11. The molecule has 1 aromatic heterocycles. The number of pyridine rings is 1. The monoisotopic (exact) mass is 177 g/mol. The van der Waals surface area contributed by atoms with Gasteiger partial charge >= 0.3 is 0 Å². The predicted molar refractivity (Wildman–Crippen MR) is 51.7 cm³/mol. The molecule has 1 aliphatic heterocycles. The summed E-state index contributed by atoms with van der Waals surface area (Å²) in [5.74, 6) is 0. The highest BCUT2D eigenvalue weighted by Crippen LogP contribution is 2.13. The molecule has 0 spiro atoms. The van der Waals surface area contributed by atoms with Crippen LogP contribution in [0.25, 0.3) is 0 Å². The van der Waals surface area contributed by atoms with Crippen molar-refractivity contribution in [1.29, 1.82) is 0 Å². The molecule has 3 heteroatoms. The van der Waals surface area contributed by atoms with Gasteiger partial charge in [0.1, 0.15) is 0 Å². The highest BCUT2D eigenvalue weighted by atomic mass is 16.5. The Morgan fingerprint density at radius 3 is 2.69 bits per heavy atom. The molecule has 2 rings (SSSR count). The summed E-state index contributed by atoms with van der Waals surface area (Å²) in [5, 5.41) is 0. The lowest BCUT2D eigenvalue weighted by Gasteiger charge is -2.28. The lowest BCUT2D eigenvalue weighted by atomic mass is 10.3. The number of nitrogens with zero attached hydrogens (tertiary/aromatic N) is 2. The largest absolute Gasteiger partial charge is 0.378 e. The van der Waals surface area contributed by atoms with Crippen LogP contribution < -0.4 is 4.90 Å². The first-order chi connectivity index (χ1) is 6.36. The smallest absolute Gasteiger partial charge is 0.0642 e. The van der Waals surface area contributed by atoms with Crippen molar-refractivity contribution in [2.75, 3.05) is 31.2 Å². The highest BCUT2D eigenvalue weighted by molar-refractivity contribution is 5.45. The minimum Gasteiger partial charge on any atom is -0.378 e. The van der Waals surface area contributed by atoms with E-state index in [1.807, 2.05) is 12.3 Å². The van der Waals surface area contributed by atoms with Crippen LogP contribution in [-0.4, -0.2) is 31.3 Å². The Bertz CT molecular complexity index is 265. The van der Waals surface area contributed by atoms with E-state index in [-0.39, 0.29) is 0 Å². The van der Waals surface area contributed by atoms with Gasteiger partial charge < -0.3 is 9.64 Å². The van der Waals surface area contributed by atoms with Gasteiger partial charge in [-0.3, -0.25) is 4.98 Å². The van der Waals surface area contributed by atoms with E-state index in [4.69, 9.17) is 4.74 Å². The number of hydrogen-bond acceptors (Lipinski definition) is 3. The fraction of sp³-hybridized carbons (Fsp3) is 0.400. The van der Waals surface area contributed by atoms with Crippen molar-refractivity contribution in [2.45, 2.75) is 0 Å². The summed E-state index contributed by atoms with van der Waals surface area (Å²) in [5.41, 5.74) is 1.98. The summed E-state index contributed by atoms with van der Waals surface area (Å²) in [6, 6.07) is 3.99. The number of rotatable bonds is 1. The second-order valence-electron chi connectivity index (χ2n) is 3.11. The molecule has 69 valence electrons. The molecule has 1 aliphatic rings. The fourth-order valence-electron chi connectivity index (χ4n) is 1.43. The number of ether oxygens (including phenoxy) is 1. The summed E-state index contributed by atoms with van der Waals surface area (Å²) in [4.78, 5) is 6.43. The lowest BCUT2D eigenvalue weighted by Crippen LogP contribution is -2.36. The van der Waals surface area contributed by atoms with Gasteiger partial charge in [-0.25, -0.2) is 0 Å². The van der Waals surface area contributed by atoms with Crippen LogP contribution in [0.15, 0.2) is 18.3 Å². The first-order valence-electron chi connectivity index (χ1n) is 4.47. The van der Waals surface area contributed by atoms with Gasteiger partial charge in [-0.1, -0.05) is 0 Å². The zero-order valence-electron chi connectivity index (χ0n) is 7.57. The summed E-state index contributed by atoms with van der Waals surface area (Å²) in [6.45, 7) is 7.29. The van der Waals surface area contributed by atoms with Gasteiger partial charge in [0.15, 0.2) is 0 Å². The van der Waals surface area contributed by atoms with Crippen LogP contribution in [0, 0.1) is 6.92 Å². The zero-order valence-corrected chi connectivity index (χ0v) is 7.57. The van der Waals surface area contributed by atoms with Crippen molar-refractivity contribution in [2.24, 2.45) is 0 Å². The van der Waals surface area contributed by atoms with Crippen LogP contribution in [0.2, 0.25) is 0 Å². The quantitative estimate of drug-likeness (QED) is 0.642. The molecule has 1 fully saturated rings.